The summed E-state index contributed by atoms with van der Waals surface area (Å²) in [5.41, 5.74) is 0.436. The van der Waals surface area contributed by atoms with Gasteiger partial charge in [0, 0.05) is 32.5 Å². The van der Waals surface area contributed by atoms with Crippen LogP contribution in [0.1, 0.15) is 105 Å². The molecule has 0 fully saturated rings. The first kappa shape index (κ1) is 25.9. The van der Waals surface area contributed by atoms with Gasteiger partial charge in [-0.3, -0.25) is 0 Å². The molecule has 0 heterocycles. The number of hydrogen-bond donors (Lipinski definition) is 1. The Morgan fingerprint density at radius 3 is 1.54 bits per heavy atom. The monoisotopic (exact) mass is 371 g/mol. The predicted molar refractivity (Wildman–Crippen MR) is 115 cm³/mol. The lowest BCUT2D eigenvalue weighted by atomic mass is 9.91. The number of hydrogen-bond acceptors (Lipinski definition) is 3. The first-order chi connectivity index (χ1) is 12.4. The second-order valence-electron chi connectivity index (χ2n) is 9.18. The van der Waals surface area contributed by atoms with Crippen LogP contribution in [0, 0.1) is 5.41 Å². The number of nitrogens with one attached hydrogen (secondary N) is 1. The molecule has 0 radical (unpaired) electrons. The molecule has 158 valence electrons. The maximum Gasteiger partial charge on any atom is 0.0466 e. The van der Waals surface area contributed by atoms with E-state index in [4.69, 9.17) is 9.47 Å². The van der Waals surface area contributed by atoms with Crippen LogP contribution in [-0.2, 0) is 9.47 Å². The van der Waals surface area contributed by atoms with Crippen molar-refractivity contribution in [1.82, 2.24) is 5.32 Å². The van der Waals surface area contributed by atoms with Gasteiger partial charge in [-0.05, 0) is 56.9 Å². The minimum atomic E-state index is 0.436. The fourth-order valence-corrected chi connectivity index (χ4v) is 2.92. The predicted octanol–water partition coefficient (Wildman–Crippen LogP) is 6.35. The summed E-state index contributed by atoms with van der Waals surface area (Å²) < 4.78 is 11.4. The quantitative estimate of drug-likeness (QED) is 0.268. The van der Waals surface area contributed by atoms with Gasteiger partial charge in [-0.1, -0.05) is 60.3 Å². The van der Waals surface area contributed by atoms with E-state index < -0.39 is 0 Å². The smallest absolute Gasteiger partial charge is 0.0466 e. The normalized spacial score (nSPS) is 12.2. The highest BCUT2D eigenvalue weighted by molar-refractivity contribution is 4.60. The Bertz CT molecular complexity index is 274. The van der Waals surface area contributed by atoms with Crippen molar-refractivity contribution in [2.75, 3.05) is 33.0 Å². The van der Waals surface area contributed by atoms with Crippen LogP contribution < -0.4 is 5.32 Å². The molecule has 0 aromatic heterocycles. The lowest BCUT2D eigenvalue weighted by Crippen LogP contribution is -2.23. The van der Waals surface area contributed by atoms with E-state index in [1.165, 1.54) is 77.2 Å². The van der Waals surface area contributed by atoms with E-state index >= 15 is 0 Å². The van der Waals surface area contributed by atoms with Gasteiger partial charge >= 0.3 is 0 Å². The Balaban J connectivity index is 3.03. The maximum absolute atomic E-state index is 5.74. The second kappa shape index (κ2) is 18.3. The zero-order valence-electron chi connectivity index (χ0n) is 18.7. The summed E-state index contributed by atoms with van der Waals surface area (Å²) in [6, 6.07) is 0.623. The van der Waals surface area contributed by atoms with Gasteiger partial charge in [-0.25, -0.2) is 0 Å². The fourth-order valence-electron chi connectivity index (χ4n) is 2.92. The molecule has 0 aromatic rings. The molecule has 0 saturated heterocycles. The van der Waals surface area contributed by atoms with Crippen molar-refractivity contribution in [3.63, 3.8) is 0 Å². The van der Waals surface area contributed by atoms with Crippen molar-refractivity contribution in [3.8, 4) is 0 Å². The molecule has 0 unspecified atom stereocenters. The van der Waals surface area contributed by atoms with Crippen molar-refractivity contribution in [2.45, 2.75) is 111 Å². The highest BCUT2D eigenvalue weighted by atomic mass is 16.5. The molecule has 0 saturated carbocycles. The average molecular weight is 372 g/mol. The number of unbranched alkanes of at least 4 members (excludes halogenated alkanes) is 7. The van der Waals surface area contributed by atoms with Gasteiger partial charge in [0.1, 0.15) is 0 Å². The molecular formula is C23H49NO2. The summed E-state index contributed by atoms with van der Waals surface area (Å²) in [6.07, 6.45) is 13.9. The van der Waals surface area contributed by atoms with Crippen LogP contribution in [0.15, 0.2) is 0 Å². The molecule has 0 aromatic carbocycles. The molecule has 0 atom stereocenters. The summed E-state index contributed by atoms with van der Waals surface area (Å²) in [4.78, 5) is 0. The van der Waals surface area contributed by atoms with E-state index in [0.717, 1.165) is 26.4 Å². The molecule has 0 aliphatic carbocycles. The number of rotatable bonds is 19. The van der Waals surface area contributed by atoms with Gasteiger partial charge in [0.2, 0.25) is 0 Å². The van der Waals surface area contributed by atoms with E-state index in [9.17, 15) is 0 Å². The molecule has 26 heavy (non-hydrogen) atoms. The molecular weight excluding hydrogens is 322 g/mol. The van der Waals surface area contributed by atoms with Gasteiger partial charge in [0.05, 0.1) is 0 Å². The van der Waals surface area contributed by atoms with Gasteiger partial charge in [-0.15, -0.1) is 0 Å². The highest BCUT2D eigenvalue weighted by Crippen LogP contribution is 2.20. The minimum Gasteiger partial charge on any atom is -0.381 e. The van der Waals surface area contributed by atoms with E-state index in [1.807, 2.05) is 0 Å². The van der Waals surface area contributed by atoms with Crippen LogP contribution in [0.2, 0.25) is 0 Å². The Labute approximate surface area is 165 Å². The Morgan fingerprint density at radius 1 is 0.615 bits per heavy atom. The van der Waals surface area contributed by atoms with Crippen molar-refractivity contribution in [3.05, 3.63) is 0 Å². The van der Waals surface area contributed by atoms with E-state index in [0.29, 0.717) is 11.5 Å². The van der Waals surface area contributed by atoms with Gasteiger partial charge in [0.15, 0.2) is 0 Å². The van der Waals surface area contributed by atoms with Crippen molar-refractivity contribution < 1.29 is 9.47 Å². The summed E-state index contributed by atoms with van der Waals surface area (Å²) in [6.45, 7) is 16.2. The van der Waals surface area contributed by atoms with Crippen LogP contribution in [0.25, 0.3) is 0 Å². The zero-order valence-corrected chi connectivity index (χ0v) is 18.7. The SMILES string of the molecule is CC(C)NCCCCCCCCOCCCCCOCCCC(C)(C)C. The highest BCUT2D eigenvalue weighted by Gasteiger charge is 2.08. The van der Waals surface area contributed by atoms with E-state index in [1.54, 1.807) is 0 Å². The molecule has 3 heteroatoms. The zero-order chi connectivity index (χ0) is 19.5. The van der Waals surface area contributed by atoms with Crippen LogP contribution in [0.5, 0.6) is 0 Å². The third kappa shape index (κ3) is 23.9. The van der Waals surface area contributed by atoms with Crippen LogP contribution >= 0.6 is 0 Å². The molecule has 0 aliphatic rings. The molecule has 0 bridgehead atoms. The first-order valence-corrected chi connectivity index (χ1v) is 11.3. The van der Waals surface area contributed by atoms with Crippen molar-refractivity contribution in [1.29, 1.82) is 0 Å². The van der Waals surface area contributed by atoms with Crippen LogP contribution in [0.4, 0.5) is 0 Å². The molecule has 1 N–H and O–H groups in total. The molecule has 0 spiro atoms. The molecule has 0 amide bonds. The lowest BCUT2D eigenvalue weighted by molar-refractivity contribution is 0.107. The van der Waals surface area contributed by atoms with E-state index in [2.05, 4.69) is 39.9 Å². The van der Waals surface area contributed by atoms with Gasteiger partial charge in [-0.2, -0.15) is 0 Å². The second-order valence-corrected chi connectivity index (χ2v) is 9.18. The summed E-state index contributed by atoms with van der Waals surface area (Å²) in [5.74, 6) is 0. The Kier molecular flexibility index (Phi) is 18.2. The van der Waals surface area contributed by atoms with Gasteiger partial charge < -0.3 is 14.8 Å². The van der Waals surface area contributed by atoms with Crippen LogP contribution in [0.3, 0.4) is 0 Å². The first-order valence-electron chi connectivity index (χ1n) is 11.3. The lowest BCUT2D eigenvalue weighted by Gasteiger charge is -2.17. The Hall–Kier alpha value is -0.120. The van der Waals surface area contributed by atoms with Gasteiger partial charge in [0.25, 0.3) is 0 Å². The summed E-state index contributed by atoms with van der Waals surface area (Å²) in [7, 11) is 0. The minimum absolute atomic E-state index is 0.436. The Morgan fingerprint density at radius 2 is 1.04 bits per heavy atom. The third-order valence-electron chi connectivity index (χ3n) is 4.56. The maximum atomic E-state index is 5.74. The molecule has 3 nitrogen and oxygen atoms in total. The van der Waals surface area contributed by atoms with E-state index in [-0.39, 0.29) is 0 Å². The third-order valence-corrected chi connectivity index (χ3v) is 4.56. The summed E-state index contributed by atoms with van der Waals surface area (Å²) >= 11 is 0. The average Bonchev–Trinajstić information content (AvgIpc) is 2.55. The largest absolute Gasteiger partial charge is 0.381 e. The molecule has 0 rings (SSSR count). The topological polar surface area (TPSA) is 30.5 Å². The van der Waals surface area contributed by atoms with Crippen LogP contribution in [-0.4, -0.2) is 39.0 Å². The number of ether oxygens (including phenoxy) is 2. The summed E-state index contributed by atoms with van der Waals surface area (Å²) in [5, 5.41) is 3.48. The standard InChI is InChI=1S/C23H49NO2/c1-22(2)24-17-11-8-6-7-9-12-18-25-19-13-10-14-20-26-21-15-16-23(3,4)5/h22,24H,6-21H2,1-5H3. The van der Waals surface area contributed by atoms with Crippen molar-refractivity contribution >= 4 is 0 Å². The van der Waals surface area contributed by atoms with Crippen molar-refractivity contribution in [2.24, 2.45) is 5.41 Å². The molecule has 0 aliphatic heterocycles. The fraction of sp³-hybridized carbons (Fsp3) is 1.00.